The molecule has 0 N–H and O–H groups in total. The summed E-state index contributed by atoms with van der Waals surface area (Å²) < 4.78 is 0. The van der Waals surface area contributed by atoms with E-state index < -0.39 is 0 Å². The zero-order chi connectivity index (χ0) is 15.4. The summed E-state index contributed by atoms with van der Waals surface area (Å²) in [4.78, 5) is 0. The summed E-state index contributed by atoms with van der Waals surface area (Å²) in [5.41, 5.74) is 0. The quantitative estimate of drug-likeness (QED) is 0.525. The van der Waals surface area contributed by atoms with E-state index >= 15 is 0 Å². The van der Waals surface area contributed by atoms with Crippen molar-refractivity contribution < 1.29 is 0 Å². The minimum absolute atomic E-state index is 1.03. The van der Waals surface area contributed by atoms with E-state index in [4.69, 9.17) is 0 Å². The first-order chi connectivity index (χ1) is 11.3. The fourth-order valence-electron chi connectivity index (χ4n) is 8.16. The van der Waals surface area contributed by atoms with Crippen LogP contribution in [-0.2, 0) is 0 Å². The van der Waals surface area contributed by atoms with Gasteiger partial charge in [-0.25, -0.2) is 0 Å². The van der Waals surface area contributed by atoms with Crippen molar-refractivity contribution in [3.8, 4) is 0 Å². The molecule has 23 heavy (non-hydrogen) atoms. The second-order valence-electron chi connectivity index (χ2n) is 9.82. The predicted molar refractivity (Wildman–Crippen MR) is 101 cm³/mol. The maximum Gasteiger partial charge on any atom is 0.00841 e. The molecule has 0 spiro atoms. The van der Waals surface area contributed by atoms with Crippen molar-refractivity contribution in [2.45, 2.75) is 94.5 Å². The molecule has 5 rings (SSSR count). The number of rotatable bonds is 1. The van der Waals surface area contributed by atoms with Gasteiger partial charge < -0.3 is 0 Å². The predicted octanol–water partition coefficient (Wildman–Crippen LogP) is 6.54. The van der Waals surface area contributed by atoms with Gasteiger partial charge in [-0.05, 0) is 73.5 Å². The summed E-state index contributed by atoms with van der Waals surface area (Å²) in [5, 5.41) is 2.11. The summed E-state index contributed by atoms with van der Waals surface area (Å²) in [6.07, 6.45) is 18.8. The van der Waals surface area contributed by atoms with Crippen molar-refractivity contribution in [2.24, 2.45) is 41.4 Å². The van der Waals surface area contributed by atoms with Crippen molar-refractivity contribution in [2.75, 3.05) is 0 Å². The molecule has 4 aliphatic carbocycles. The van der Waals surface area contributed by atoms with Gasteiger partial charge in [-0.2, -0.15) is 11.8 Å². The first-order valence-electron chi connectivity index (χ1n) is 11.0. The number of fused-ring (bicyclic) bond motifs is 4. The van der Waals surface area contributed by atoms with Gasteiger partial charge in [0.25, 0.3) is 0 Å². The van der Waals surface area contributed by atoms with Gasteiger partial charge in [-0.3, -0.25) is 0 Å². The standard InChI is InChI=1S/C22H36S/c1-14-6-2-12-19-21(14)22-18(11-5-13-20(22)23-19)17-10-4-8-15-7-3-9-16(15)17/h14-22H,2-13H2,1H3. The fourth-order valence-corrected chi connectivity index (χ4v) is 10.4. The molecule has 0 nitrogen and oxygen atoms in total. The highest BCUT2D eigenvalue weighted by molar-refractivity contribution is 8.00. The zero-order valence-electron chi connectivity index (χ0n) is 15.1. The Kier molecular flexibility index (Phi) is 4.24. The fraction of sp³-hybridized carbons (Fsp3) is 1.00. The van der Waals surface area contributed by atoms with Crippen LogP contribution >= 0.6 is 11.8 Å². The van der Waals surface area contributed by atoms with Crippen LogP contribution in [0.5, 0.6) is 0 Å². The molecule has 0 radical (unpaired) electrons. The Morgan fingerprint density at radius 3 is 2.00 bits per heavy atom. The monoisotopic (exact) mass is 332 g/mol. The molecule has 9 unspecified atom stereocenters. The van der Waals surface area contributed by atoms with Crippen LogP contribution in [0, 0.1) is 41.4 Å². The molecule has 0 aromatic heterocycles. The Morgan fingerprint density at radius 2 is 1.17 bits per heavy atom. The Bertz CT molecular complexity index is 432. The molecular formula is C22H36S. The lowest BCUT2D eigenvalue weighted by Gasteiger charge is -2.48. The van der Waals surface area contributed by atoms with Crippen molar-refractivity contribution >= 4 is 11.8 Å². The Balaban J connectivity index is 1.42. The highest BCUT2D eigenvalue weighted by Crippen LogP contribution is 2.62. The van der Waals surface area contributed by atoms with Gasteiger partial charge in [0.05, 0.1) is 0 Å². The SMILES string of the molecule is CC1CCCC2SC3CCCC(C4CCCC5CCCC54)C3C12. The van der Waals surface area contributed by atoms with E-state index in [2.05, 4.69) is 18.7 Å². The number of hydrogen-bond donors (Lipinski definition) is 0. The molecule has 1 aliphatic heterocycles. The molecule has 1 heteroatoms. The third kappa shape index (κ3) is 2.54. The normalized spacial score (nSPS) is 56.0. The third-order valence-corrected chi connectivity index (χ3v) is 10.7. The van der Waals surface area contributed by atoms with Gasteiger partial charge >= 0.3 is 0 Å². The van der Waals surface area contributed by atoms with Crippen LogP contribution in [0.25, 0.3) is 0 Å². The van der Waals surface area contributed by atoms with Crippen LogP contribution in [-0.4, -0.2) is 10.5 Å². The molecule has 5 fully saturated rings. The van der Waals surface area contributed by atoms with Gasteiger partial charge in [0, 0.05) is 10.5 Å². The topological polar surface area (TPSA) is 0 Å². The summed E-state index contributed by atoms with van der Waals surface area (Å²) in [7, 11) is 0. The molecule has 9 atom stereocenters. The van der Waals surface area contributed by atoms with Gasteiger partial charge in [0.15, 0.2) is 0 Å². The number of hydrogen-bond acceptors (Lipinski definition) is 1. The molecule has 5 aliphatic rings. The van der Waals surface area contributed by atoms with Crippen molar-refractivity contribution in [3.05, 3.63) is 0 Å². The van der Waals surface area contributed by atoms with E-state index in [0.29, 0.717) is 0 Å². The highest BCUT2D eigenvalue weighted by atomic mass is 32.2. The Hall–Kier alpha value is 0.350. The Labute approximate surface area is 147 Å². The van der Waals surface area contributed by atoms with Crippen LogP contribution < -0.4 is 0 Å². The van der Waals surface area contributed by atoms with Crippen LogP contribution in [0.1, 0.15) is 84.0 Å². The lowest BCUT2D eigenvalue weighted by molar-refractivity contribution is 0.0251. The largest absolute Gasteiger partial charge is 0.155 e. The zero-order valence-corrected chi connectivity index (χ0v) is 15.9. The van der Waals surface area contributed by atoms with Crippen LogP contribution in [0.15, 0.2) is 0 Å². The van der Waals surface area contributed by atoms with Crippen molar-refractivity contribution in [1.82, 2.24) is 0 Å². The third-order valence-electron chi connectivity index (χ3n) is 8.91. The smallest absolute Gasteiger partial charge is 0.00841 e. The molecule has 4 saturated carbocycles. The van der Waals surface area contributed by atoms with E-state index in [1.807, 2.05) is 0 Å². The second-order valence-corrected chi connectivity index (χ2v) is 11.3. The second kappa shape index (κ2) is 6.26. The molecule has 1 saturated heterocycles. The summed E-state index contributed by atoms with van der Waals surface area (Å²) in [5.74, 6) is 7.81. The van der Waals surface area contributed by atoms with Gasteiger partial charge in [0.1, 0.15) is 0 Å². The summed E-state index contributed by atoms with van der Waals surface area (Å²) in [6.45, 7) is 2.62. The van der Waals surface area contributed by atoms with Crippen LogP contribution in [0.4, 0.5) is 0 Å². The molecule has 0 aromatic carbocycles. The summed E-state index contributed by atoms with van der Waals surface area (Å²) >= 11 is 2.48. The minimum Gasteiger partial charge on any atom is -0.155 e. The molecule has 0 bridgehead atoms. The first-order valence-corrected chi connectivity index (χ1v) is 11.9. The van der Waals surface area contributed by atoms with Gasteiger partial charge in [0.2, 0.25) is 0 Å². The maximum absolute atomic E-state index is 2.62. The molecule has 1 heterocycles. The lowest BCUT2D eigenvalue weighted by Crippen LogP contribution is -2.43. The number of thioether (sulfide) groups is 1. The van der Waals surface area contributed by atoms with E-state index in [9.17, 15) is 0 Å². The van der Waals surface area contributed by atoms with Gasteiger partial charge in [-0.15, -0.1) is 0 Å². The average molecular weight is 333 g/mol. The van der Waals surface area contributed by atoms with E-state index in [0.717, 1.165) is 51.9 Å². The highest BCUT2D eigenvalue weighted by Gasteiger charge is 2.54. The van der Waals surface area contributed by atoms with Crippen LogP contribution in [0.2, 0.25) is 0 Å². The molecule has 0 aromatic rings. The minimum atomic E-state index is 1.03. The van der Waals surface area contributed by atoms with E-state index in [-0.39, 0.29) is 0 Å². The first kappa shape index (κ1) is 15.6. The molecular weight excluding hydrogens is 296 g/mol. The van der Waals surface area contributed by atoms with Gasteiger partial charge in [-0.1, -0.05) is 51.9 Å². The molecule has 130 valence electrons. The summed E-state index contributed by atoms with van der Waals surface area (Å²) in [6, 6.07) is 0. The van der Waals surface area contributed by atoms with Crippen molar-refractivity contribution in [1.29, 1.82) is 0 Å². The van der Waals surface area contributed by atoms with E-state index in [1.165, 1.54) is 12.8 Å². The lowest BCUT2D eigenvalue weighted by atomic mass is 9.57. The average Bonchev–Trinajstić information content (AvgIpc) is 3.18. The maximum atomic E-state index is 2.62. The van der Waals surface area contributed by atoms with E-state index in [1.54, 1.807) is 64.2 Å². The molecule has 0 amide bonds. The van der Waals surface area contributed by atoms with Crippen LogP contribution in [0.3, 0.4) is 0 Å². The van der Waals surface area contributed by atoms with Crippen molar-refractivity contribution in [3.63, 3.8) is 0 Å². The Morgan fingerprint density at radius 1 is 0.565 bits per heavy atom.